The Kier molecular flexibility index (Phi) is 4.95. The van der Waals surface area contributed by atoms with E-state index in [2.05, 4.69) is 5.32 Å². The van der Waals surface area contributed by atoms with Gasteiger partial charge in [-0.1, -0.05) is 18.2 Å². The summed E-state index contributed by atoms with van der Waals surface area (Å²) in [6.07, 6.45) is 1.76. The van der Waals surface area contributed by atoms with E-state index in [1.54, 1.807) is 18.2 Å². The van der Waals surface area contributed by atoms with E-state index in [1.165, 1.54) is 6.07 Å². The van der Waals surface area contributed by atoms with Crippen LogP contribution < -0.4 is 5.32 Å². The smallest absolute Gasteiger partial charge is 0.400 e. The lowest BCUT2D eigenvalue weighted by Gasteiger charge is -2.32. The van der Waals surface area contributed by atoms with Gasteiger partial charge in [-0.2, -0.15) is 5.26 Å². The number of hydrogen-bond donors (Lipinski definition) is 1. The van der Waals surface area contributed by atoms with Crippen molar-refractivity contribution in [2.45, 2.75) is 38.9 Å². The Morgan fingerprint density at radius 3 is 2.43 bits per heavy atom. The van der Waals surface area contributed by atoms with Gasteiger partial charge in [0.2, 0.25) is 0 Å². The number of rotatable bonds is 4. The normalized spacial score (nSPS) is 19.7. The van der Waals surface area contributed by atoms with Crippen molar-refractivity contribution in [1.29, 1.82) is 5.26 Å². The first-order valence-electron chi connectivity index (χ1n) is 7.61. The molecule has 122 valence electrons. The van der Waals surface area contributed by atoms with Crippen molar-refractivity contribution in [3.05, 3.63) is 40.6 Å². The zero-order valence-corrected chi connectivity index (χ0v) is 14.2. The van der Waals surface area contributed by atoms with Crippen LogP contribution in [0.3, 0.4) is 0 Å². The van der Waals surface area contributed by atoms with Gasteiger partial charge in [0.25, 0.3) is 0 Å². The van der Waals surface area contributed by atoms with E-state index in [4.69, 9.17) is 9.31 Å². The third-order valence-electron chi connectivity index (χ3n) is 4.44. The van der Waals surface area contributed by atoms with E-state index in [0.29, 0.717) is 12.1 Å². The zero-order chi connectivity index (χ0) is 17.3. The van der Waals surface area contributed by atoms with Crippen molar-refractivity contribution in [2.75, 3.05) is 13.6 Å². The minimum atomic E-state index is -0.540. The zero-order valence-electron chi connectivity index (χ0n) is 14.2. The second kappa shape index (κ2) is 6.44. The molecule has 0 bridgehead atoms. The SMILES string of the molecule is CNCC(=Cc1cccc(F)c1C#N)B1OC(C)(C)C(C)(C)O1. The van der Waals surface area contributed by atoms with Crippen LogP contribution in [0.25, 0.3) is 6.08 Å². The summed E-state index contributed by atoms with van der Waals surface area (Å²) in [5.41, 5.74) is 0.452. The van der Waals surface area contributed by atoms with Crippen LogP contribution in [0.4, 0.5) is 4.39 Å². The third-order valence-corrected chi connectivity index (χ3v) is 4.44. The Morgan fingerprint density at radius 1 is 1.30 bits per heavy atom. The number of nitriles is 1. The van der Waals surface area contributed by atoms with Gasteiger partial charge in [-0.3, -0.25) is 0 Å². The van der Waals surface area contributed by atoms with E-state index in [1.807, 2.05) is 40.8 Å². The first-order chi connectivity index (χ1) is 10.7. The standard InChI is InChI=1S/C17H22BFN2O2/c1-16(2)17(3,4)23-18(22-16)13(11-21-5)9-12-7-6-8-15(19)14(12)10-20/h6-9,21H,11H2,1-5H3. The van der Waals surface area contributed by atoms with Gasteiger partial charge in [-0.15, -0.1) is 0 Å². The molecule has 0 aliphatic carbocycles. The van der Waals surface area contributed by atoms with Crippen LogP contribution in [0, 0.1) is 17.1 Å². The molecule has 1 aromatic rings. The van der Waals surface area contributed by atoms with Crippen LogP contribution in [0.15, 0.2) is 23.7 Å². The average Bonchev–Trinajstić information content (AvgIpc) is 2.67. The fourth-order valence-corrected chi connectivity index (χ4v) is 2.38. The van der Waals surface area contributed by atoms with Crippen molar-refractivity contribution in [1.82, 2.24) is 5.32 Å². The van der Waals surface area contributed by atoms with Crippen molar-refractivity contribution in [3.8, 4) is 6.07 Å². The van der Waals surface area contributed by atoms with Crippen LogP contribution in [0.2, 0.25) is 0 Å². The Morgan fingerprint density at radius 2 is 1.91 bits per heavy atom. The highest BCUT2D eigenvalue weighted by atomic mass is 19.1. The first-order valence-corrected chi connectivity index (χ1v) is 7.61. The van der Waals surface area contributed by atoms with E-state index >= 15 is 0 Å². The highest BCUT2D eigenvalue weighted by Gasteiger charge is 2.52. The summed E-state index contributed by atoms with van der Waals surface area (Å²) in [6.45, 7) is 8.43. The van der Waals surface area contributed by atoms with Gasteiger partial charge < -0.3 is 14.6 Å². The van der Waals surface area contributed by atoms with Crippen LogP contribution in [0.5, 0.6) is 0 Å². The van der Waals surface area contributed by atoms with E-state index in [0.717, 1.165) is 5.47 Å². The monoisotopic (exact) mass is 316 g/mol. The van der Waals surface area contributed by atoms with Gasteiger partial charge in [0, 0.05) is 6.54 Å². The summed E-state index contributed by atoms with van der Waals surface area (Å²) in [5, 5.41) is 12.2. The van der Waals surface area contributed by atoms with Crippen molar-refractivity contribution < 1.29 is 13.7 Å². The van der Waals surface area contributed by atoms with Crippen molar-refractivity contribution in [3.63, 3.8) is 0 Å². The van der Waals surface area contributed by atoms with Crippen LogP contribution in [0.1, 0.15) is 38.8 Å². The second-order valence-electron chi connectivity index (χ2n) is 6.65. The van der Waals surface area contributed by atoms with Crippen LogP contribution in [-0.2, 0) is 9.31 Å². The van der Waals surface area contributed by atoms with Gasteiger partial charge in [0.05, 0.1) is 16.8 Å². The van der Waals surface area contributed by atoms with Crippen molar-refractivity contribution in [2.24, 2.45) is 0 Å². The predicted molar refractivity (Wildman–Crippen MR) is 89.1 cm³/mol. The number of hydrogen-bond acceptors (Lipinski definition) is 4. The van der Waals surface area contributed by atoms with Crippen LogP contribution in [-0.4, -0.2) is 31.9 Å². The Bertz CT molecular complexity index is 649. The summed E-state index contributed by atoms with van der Waals surface area (Å²) in [6, 6.07) is 6.49. The lowest BCUT2D eigenvalue weighted by Crippen LogP contribution is -2.41. The topological polar surface area (TPSA) is 54.3 Å². The summed E-state index contributed by atoms with van der Waals surface area (Å²) < 4.78 is 25.9. The molecular weight excluding hydrogens is 294 g/mol. The Hall–Kier alpha value is -1.68. The number of nitrogens with one attached hydrogen (secondary N) is 1. The summed E-state index contributed by atoms with van der Waals surface area (Å²) in [5.74, 6) is -0.529. The molecule has 0 unspecified atom stereocenters. The third kappa shape index (κ3) is 3.47. The summed E-state index contributed by atoms with van der Waals surface area (Å²) >= 11 is 0. The van der Waals surface area contributed by atoms with Crippen LogP contribution >= 0.6 is 0 Å². The molecule has 1 fully saturated rings. The average molecular weight is 316 g/mol. The molecule has 0 saturated carbocycles. The molecule has 0 atom stereocenters. The van der Waals surface area contributed by atoms with Gasteiger partial charge in [-0.25, -0.2) is 4.39 Å². The van der Waals surface area contributed by atoms with Gasteiger partial charge in [0.1, 0.15) is 11.9 Å². The predicted octanol–water partition coefficient (Wildman–Crippen LogP) is 2.93. The fraction of sp³-hybridized carbons (Fsp3) is 0.471. The molecule has 0 amide bonds. The molecule has 6 heteroatoms. The first kappa shape index (κ1) is 17.7. The van der Waals surface area contributed by atoms with E-state index in [9.17, 15) is 9.65 Å². The summed E-state index contributed by atoms with van der Waals surface area (Å²) in [4.78, 5) is 0. The molecule has 0 spiro atoms. The van der Waals surface area contributed by atoms with Gasteiger partial charge in [0.15, 0.2) is 0 Å². The molecule has 1 heterocycles. The lowest BCUT2D eigenvalue weighted by atomic mass is 9.76. The Balaban J connectivity index is 2.41. The minimum Gasteiger partial charge on any atom is -0.400 e. The molecule has 4 nitrogen and oxygen atoms in total. The maximum absolute atomic E-state index is 13.8. The molecule has 1 aliphatic rings. The molecular formula is C17H22BFN2O2. The Labute approximate surface area is 137 Å². The lowest BCUT2D eigenvalue weighted by molar-refractivity contribution is 0.00578. The number of halogens is 1. The minimum absolute atomic E-state index is 0.0256. The van der Waals surface area contributed by atoms with E-state index < -0.39 is 24.1 Å². The number of nitrogens with zero attached hydrogens (tertiary/aromatic N) is 1. The number of likely N-dealkylation sites (N-methyl/N-ethyl adjacent to an activating group) is 1. The van der Waals surface area contributed by atoms with Crippen molar-refractivity contribution >= 4 is 13.2 Å². The molecule has 23 heavy (non-hydrogen) atoms. The molecule has 0 aromatic heterocycles. The highest BCUT2D eigenvalue weighted by molar-refractivity contribution is 6.56. The highest BCUT2D eigenvalue weighted by Crippen LogP contribution is 2.38. The van der Waals surface area contributed by atoms with Gasteiger partial charge in [-0.05, 0) is 51.8 Å². The molecule has 2 rings (SSSR count). The molecule has 1 saturated heterocycles. The molecule has 0 radical (unpaired) electrons. The number of benzene rings is 1. The quantitative estimate of drug-likeness (QED) is 0.868. The largest absolute Gasteiger partial charge is 0.491 e. The second-order valence-corrected chi connectivity index (χ2v) is 6.65. The fourth-order valence-electron chi connectivity index (χ4n) is 2.38. The maximum Gasteiger partial charge on any atom is 0.491 e. The molecule has 1 N–H and O–H groups in total. The maximum atomic E-state index is 13.8. The van der Waals surface area contributed by atoms with Gasteiger partial charge >= 0.3 is 7.12 Å². The van der Waals surface area contributed by atoms with E-state index in [-0.39, 0.29) is 5.56 Å². The molecule has 1 aromatic carbocycles. The summed E-state index contributed by atoms with van der Waals surface area (Å²) in [7, 11) is 1.28. The molecule has 1 aliphatic heterocycles.